The molecule has 4 nitrogen and oxygen atoms in total. The minimum Gasteiger partial charge on any atom is -0.357 e. The lowest BCUT2D eigenvalue weighted by Crippen LogP contribution is -2.27. The van der Waals surface area contributed by atoms with Crippen molar-refractivity contribution in [1.29, 1.82) is 5.26 Å². The molecule has 1 aliphatic heterocycles. The van der Waals surface area contributed by atoms with Crippen molar-refractivity contribution in [2.75, 3.05) is 18.0 Å². The first-order valence-electron chi connectivity index (χ1n) is 7.66. The van der Waals surface area contributed by atoms with Crippen molar-refractivity contribution < 1.29 is 0 Å². The average Bonchev–Trinajstić information content (AvgIpc) is 2.96. The van der Waals surface area contributed by atoms with Crippen molar-refractivity contribution in [3.63, 3.8) is 0 Å². The van der Waals surface area contributed by atoms with Crippen LogP contribution in [0.15, 0.2) is 24.3 Å². The number of hydrogen-bond acceptors (Lipinski definition) is 4. The van der Waals surface area contributed by atoms with Gasteiger partial charge in [0.1, 0.15) is 11.0 Å². The average molecular weight is 313 g/mol. The van der Waals surface area contributed by atoms with Crippen LogP contribution in [0.1, 0.15) is 20.3 Å². The van der Waals surface area contributed by atoms with E-state index in [0.717, 1.165) is 36.4 Å². The van der Waals surface area contributed by atoms with E-state index < -0.39 is 0 Å². The summed E-state index contributed by atoms with van der Waals surface area (Å²) < 4.78 is 0. The Morgan fingerprint density at radius 1 is 1.27 bits per heavy atom. The molecule has 1 saturated heterocycles. The van der Waals surface area contributed by atoms with Crippen molar-refractivity contribution in [2.24, 2.45) is 0 Å². The molecular formula is C16H18BClN4. The summed E-state index contributed by atoms with van der Waals surface area (Å²) in [6.07, 6.45) is 1.05. The second-order valence-electron chi connectivity index (χ2n) is 6.24. The first-order chi connectivity index (χ1) is 10.6. The summed E-state index contributed by atoms with van der Waals surface area (Å²) in [7, 11) is 0. The first kappa shape index (κ1) is 15.1. The number of hydrogen-bond donors (Lipinski definition) is 0. The highest BCUT2D eigenvalue weighted by molar-refractivity contribution is 6.69. The molecule has 112 valence electrons. The summed E-state index contributed by atoms with van der Waals surface area (Å²) in [6.45, 7) is 6.22. The van der Waals surface area contributed by atoms with Gasteiger partial charge in [0, 0.05) is 19.1 Å². The van der Waals surface area contributed by atoms with Gasteiger partial charge in [-0.15, -0.1) is 0 Å². The standard InChI is InChI=1S/C16H18BClN4/c1-11(2)17(10-19)12-7-8-22(9-12)16-6-4-13-14(21-16)3-5-15(18)20-13/h3-6,11-12H,7-9H2,1-2H3. The van der Waals surface area contributed by atoms with Crippen LogP contribution >= 0.6 is 11.6 Å². The lowest BCUT2D eigenvalue weighted by molar-refractivity contribution is 0.877. The van der Waals surface area contributed by atoms with Gasteiger partial charge < -0.3 is 4.90 Å². The van der Waals surface area contributed by atoms with Crippen molar-refractivity contribution in [2.45, 2.75) is 31.9 Å². The van der Waals surface area contributed by atoms with E-state index in [0.29, 0.717) is 16.8 Å². The summed E-state index contributed by atoms with van der Waals surface area (Å²) in [5.41, 5.74) is 1.66. The molecule has 22 heavy (non-hydrogen) atoms. The SMILES string of the molecule is CC(C)B(C#N)C1CCN(c2ccc3nc(Cl)ccc3n2)C1. The van der Waals surface area contributed by atoms with E-state index in [1.165, 1.54) is 0 Å². The third-order valence-corrected chi connectivity index (χ3v) is 4.63. The van der Waals surface area contributed by atoms with Crippen LogP contribution in [0.5, 0.6) is 0 Å². The molecule has 3 heterocycles. The maximum atomic E-state index is 9.38. The lowest BCUT2D eigenvalue weighted by Gasteiger charge is -2.20. The highest BCUT2D eigenvalue weighted by atomic mass is 35.5. The van der Waals surface area contributed by atoms with E-state index in [4.69, 9.17) is 11.6 Å². The Labute approximate surface area is 136 Å². The molecule has 1 atom stereocenters. The number of anilines is 1. The van der Waals surface area contributed by atoms with Gasteiger partial charge in [-0.1, -0.05) is 31.3 Å². The van der Waals surface area contributed by atoms with E-state index in [1.807, 2.05) is 18.2 Å². The van der Waals surface area contributed by atoms with E-state index in [2.05, 4.69) is 34.7 Å². The molecule has 0 N–H and O–H groups in total. The molecule has 0 aliphatic carbocycles. The van der Waals surface area contributed by atoms with Crippen LogP contribution in [-0.4, -0.2) is 29.8 Å². The van der Waals surface area contributed by atoms with E-state index in [-0.39, 0.29) is 6.71 Å². The van der Waals surface area contributed by atoms with Crippen LogP contribution in [0.2, 0.25) is 16.8 Å². The topological polar surface area (TPSA) is 52.8 Å². The number of rotatable bonds is 3. The molecule has 0 radical (unpaired) electrons. The highest BCUT2D eigenvalue weighted by Crippen LogP contribution is 2.32. The number of nitrogens with zero attached hydrogens (tertiary/aromatic N) is 4. The van der Waals surface area contributed by atoms with Crippen LogP contribution in [0.4, 0.5) is 5.82 Å². The molecule has 3 rings (SSSR count). The van der Waals surface area contributed by atoms with Gasteiger partial charge in [-0.3, -0.25) is 0 Å². The molecule has 2 aromatic rings. The zero-order valence-electron chi connectivity index (χ0n) is 12.8. The Morgan fingerprint density at radius 2 is 2.00 bits per heavy atom. The monoisotopic (exact) mass is 312 g/mol. The van der Waals surface area contributed by atoms with Gasteiger partial charge >= 0.3 is 0 Å². The molecule has 0 bridgehead atoms. The van der Waals surface area contributed by atoms with Gasteiger partial charge in [0.05, 0.1) is 11.0 Å². The summed E-state index contributed by atoms with van der Waals surface area (Å²) >= 11 is 5.91. The summed E-state index contributed by atoms with van der Waals surface area (Å²) in [4.78, 5) is 11.2. The van der Waals surface area contributed by atoms with Gasteiger partial charge in [-0.2, -0.15) is 0 Å². The van der Waals surface area contributed by atoms with Gasteiger partial charge in [0.15, 0.2) is 0 Å². The Hall–Kier alpha value is -1.80. The maximum absolute atomic E-state index is 9.38. The van der Waals surface area contributed by atoms with Crippen molar-refractivity contribution in [3.8, 4) is 5.97 Å². The summed E-state index contributed by atoms with van der Waals surface area (Å²) in [5, 5.41) is 9.86. The highest BCUT2D eigenvalue weighted by Gasteiger charge is 2.35. The normalized spacial score (nSPS) is 18.0. The van der Waals surface area contributed by atoms with Crippen LogP contribution in [0.25, 0.3) is 11.0 Å². The van der Waals surface area contributed by atoms with Crippen LogP contribution in [0, 0.1) is 11.2 Å². The van der Waals surface area contributed by atoms with Crippen LogP contribution in [-0.2, 0) is 0 Å². The molecule has 6 heteroatoms. The largest absolute Gasteiger partial charge is 0.357 e. The molecule has 2 aromatic heterocycles. The van der Waals surface area contributed by atoms with Gasteiger partial charge in [-0.25, -0.2) is 15.2 Å². The summed E-state index contributed by atoms with van der Waals surface area (Å²) in [6, 6.07) is 7.61. The number of fused-ring (bicyclic) bond motifs is 1. The Balaban J connectivity index is 1.81. The lowest BCUT2D eigenvalue weighted by atomic mass is 9.35. The fourth-order valence-corrected chi connectivity index (χ4v) is 3.39. The molecule has 0 spiro atoms. The fourth-order valence-electron chi connectivity index (χ4n) is 3.24. The molecule has 1 aliphatic rings. The van der Waals surface area contributed by atoms with Gasteiger partial charge in [0.2, 0.25) is 0 Å². The van der Waals surface area contributed by atoms with Crippen LogP contribution < -0.4 is 4.90 Å². The van der Waals surface area contributed by atoms with E-state index in [1.54, 1.807) is 6.07 Å². The van der Waals surface area contributed by atoms with Gasteiger partial charge in [0.25, 0.3) is 6.71 Å². The quantitative estimate of drug-likeness (QED) is 0.638. The van der Waals surface area contributed by atoms with Crippen molar-refractivity contribution in [3.05, 3.63) is 29.4 Å². The van der Waals surface area contributed by atoms with Crippen molar-refractivity contribution in [1.82, 2.24) is 9.97 Å². The van der Waals surface area contributed by atoms with Crippen molar-refractivity contribution >= 4 is 35.2 Å². The minimum absolute atomic E-state index is 0.117. The Morgan fingerprint density at radius 3 is 2.73 bits per heavy atom. The second-order valence-corrected chi connectivity index (χ2v) is 6.62. The number of halogens is 1. The predicted octanol–water partition coefficient (Wildman–Crippen LogP) is 3.83. The maximum Gasteiger partial charge on any atom is 0.275 e. The Kier molecular flexibility index (Phi) is 4.22. The summed E-state index contributed by atoms with van der Waals surface area (Å²) in [5.74, 6) is 4.25. The van der Waals surface area contributed by atoms with Crippen LogP contribution in [0.3, 0.4) is 0 Å². The zero-order valence-corrected chi connectivity index (χ0v) is 13.6. The van der Waals surface area contributed by atoms with Gasteiger partial charge in [-0.05, 0) is 36.5 Å². The molecule has 1 fully saturated rings. The Bertz CT molecular complexity index is 728. The third kappa shape index (κ3) is 2.89. The molecule has 1 unspecified atom stereocenters. The zero-order chi connectivity index (χ0) is 15.7. The molecule has 0 saturated carbocycles. The number of pyridine rings is 2. The first-order valence-corrected chi connectivity index (χ1v) is 8.04. The smallest absolute Gasteiger partial charge is 0.275 e. The molecular weight excluding hydrogens is 294 g/mol. The number of nitriles is 1. The van der Waals surface area contributed by atoms with E-state index in [9.17, 15) is 5.26 Å². The number of aromatic nitrogens is 2. The van der Waals surface area contributed by atoms with E-state index >= 15 is 0 Å². The predicted molar refractivity (Wildman–Crippen MR) is 91.6 cm³/mol. The molecule has 0 amide bonds. The fraction of sp³-hybridized carbons (Fsp3) is 0.438. The third-order valence-electron chi connectivity index (χ3n) is 4.42. The second kappa shape index (κ2) is 6.14. The molecule has 0 aromatic carbocycles. The minimum atomic E-state index is 0.117.